The summed E-state index contributed by atoms with van der Waals surface area (Å²) in [5, 5.41) is 3.96. The van der Waals surface area contributed by atoms with Crippen LogP contribution in [0.15, 0.2) is 91.3 Å². The van der Waals surface area contributed by atoms with Gasteiger partial charge in [-0.3, -0.25) is 4.90 Å². The van der Waals surface area contributed by atoms with Gasteiger partial charge in [0.05, 0.1) is 6.04 Å². The van der Waals surface area contributed by atoms with E-state index in [2.05, 4.69) is 85.7 Å². The third-order valence-corrected chi connectivity index (χ3v) is 6.43. The highest BCUT2D eigenvalue weighted by molar-refractivity contribution is 6.30. The second-order valence-corrected chi connectivity index (χ2v) is 8.77. The minimum absolute atomic E-state index is 0.217. The number of benzene rings is 3. The van der Waals surface area contributed by atoms with Gasteiger partial charge in [0.25, 0.3) is 0 Å². The molecule has 7 heteroatoms. The first-order valence-corrected chi connectivity index (χ1v) is 11.8. The first kappa shape index (κ1) is 22.2. The van der Waals surface area contributed by atoms with Crippen LogP contribution in [0.2, 0.25) is 5.02 Å². The van der Waals surface area contributed by atoms with Gasteiger partial charge in [-0.2, -0.15) is 0 Å². The molecule has 0 spiro atoms. The fourth-order valence-corrected chi connectivity index (χ4v) is 4.61. The van der Waals surface area contributed by atoms with Gasteiger partial charge in [0.15, 0.2) is 11.6 Å². The predicted molar refractivity (Wildman–Crippen MR) is 140 cm³/mol. The van der Waals surface area contributed by atoms with Crippen molar-refractivity contribution in [3.63, 3.8) is 0 Å². The number of aromatic nitrogens is 2. The van der Waals surface area contributed by atoms with E-state index in [1.165, 1.54) is 11.1 Å². The number of hydrogen-bond donors (Lipinski definition) is 2. The molecule has 6 nitrogen and oxygen atoms in total. The molecular formula is C27H27ClN6. The van der Waals surface area contributed by atoms with E-state index in [0.717, 1.165) is 37.7 Å². The molecule has 1 saturated heterocycles. The van der Waals surface area contributed by atoms with E-state index in [-0.39, 0.29) is 6.04 Å². The zero-order valence-electron chi connectivity index (χ0n) is 18.8. The van der Waals surface area contributed by atoms with E-state index in [1.54, 1.807) is 6.33 Å². The summed E-state index contributed by atoms with van der Waals surface area (Å²) in [5.74, 6) is 1.36. The summed E-state index contributed by atoms with van der Waals surface area (Å²) in [5.41, 5.74) is 10.5. The van der Waals surface area contributed by atoms with E-state index >= 15 is 0 Å². The Morgan fingerprint density at radius 1 is 0.765 bits per heavy atom. The Balaban J connectivity index is 1.33. The third kappa shape index (κ3) is 4.83. The summed E-state index contributed by atoms with van der Waals surface area (Å²) in [6, 6.07) is 29.1. The van der Waals surface area contributed by atoms with Gasteiger partial charge in [-0.05, 0) is 35.4 Å². The summed E-state index contributed by atoms with van der Waals surface area (Å²) in [4.78, 5) is 13.6. The van der Waals surface area contributed by atoms with E-state index in [1.807, 2.05) is 24.3 Å². The second-order valence-electron chi connectivity index (χ2n) is 8.34. The highest BCUT2D eigenvalue weighted by Gasteiger charge is 2.28. The van der Waals surface area contributed by atoms with Crippen LogP contribution in [-0.4, -0.2) is 41.0 Å². The summed E-state index contributed by atoms with van der Waals surface area (Å²) >= 11 is 6.00. The Kier molecular flexibility index (Phi) is 6.60. The van der Waals surface area contributed by atoms with Crippen LogP contribution in [0, 0.1) is 0 Å². The molecule has 0 saturated carbocycles. The van der Waals surface area contributed by atoms with Gasteiger partial charge in [0, 0.05) is 36.9 Å². The van der Waals surface area contributed by atoms with Crippen LogP contribution < -0.4 is 16.0 Å². The van der Waals surface area contributed by atoms with Crippen molar-refractivity contribution in [3.8, 4) is 0 Å². The van der Waals surface area contributed by atoms with E-state index in [0.29, 0.717) is 16.5 Å². The lowest BCUT2D eigenvalue weighted by molar-refractivity contribution is 0.212. The van der Waals surface area contributed by atoms with Crippen LogP contribution in [0.25, 0.3) is 0 Å². The number of nitrogens with two attached hydrogens (primary N) is 1. The molecule has 1 aromatic heterocycles. The molecule has 3 N–H and O–H groups in total. The number of hydrogen-bond acceptors (Lipinski definition) is 6. The van der Waals surface area contributed by atoms with Crippen LogP contribution in [0.5, 0.6) is 0 Å². The van der Waals surface area contributed by atoms with Crippen molar-refractivity contribution in [2.24, 2.45) is 0 Å². The maximum absolute atomic E-state index is 6.50. The molecule has 3 aromatic carbocycles. The van der Waals surface area contributed by atoms with Gasteiger partial charge >= 0.3 is 0 Å². The molecule has 0 bridgehead atoms. The number of nitrogens with zero attached hydrogens (tertiary/aromatic N) is 4. The molecule has 34 heavy (non-hydrogen) atoms. The van der Waals surface area contributed by atoms with Gasteiger partial charge in [-0.25, -0.2) is 9.97 Å². The van der Waals surface area contributed by atoms with Crippen molar-refractivity contribution < 1.29 is 0 Å². The van der Waals surface area contributed by atoms with Crippen molar-refractivity contribution in [1.82, 2.24) is 14.9 Å². The SMILES string of the molecule is Nc1c(Nc2ccc(Cl)cc2)ncnc1N1CCN(C(c2ccccc2)c2ccccc2)CC1. The molecule has 1 fully saturated rings. The van der Waals surface area contributed by atoms with Crippen LogP contribution in [0.1, 0.15) is 17.2 Å². The molecule has 4 aromatic rings. The molecule has 0 radical (unpaired) electrons. The van der Waals surface area contributed by atoms with E-state index < -0.39 is 0 Å². The molecule has 172 valence electrons. The van der Waals surface area contributed by atoms with Crippen LogP contribution >= 0.6 is 11.6 Å². The van der Waals surface area contributed by atoms with Crippen molar-refractivity contribution in [1.29, 1.82) is 0 Å². The zero-order valence-corrected chi connectivity index (χ0v) is 19.6. The van der Waals surface area contributed by atoms with Crippen molar-refractivity contribution in [2.45, 2.75) is 6.04 Å². The molecule has 0 amide bonds. The monoisotopic (exact) mass is 470 g/mol. The smallest absolute Gasteiger partial charge is 0.159 e. The highest BCUT2D eigenvalue weighted by atomic mass is 35.5. The lowest BCUT2D eigenvalue weighted by atomic mass is 9.96. The van der Waals surface area contributed by atoms with E-state index in [9.17, 15) is 0 Å². The Bertz CT molecular complexity index is 1170. The lowest BCUT2D eigenvalue weighted by Crippen LogP contribution is -2.48. The molecule has 0 unspecified atom stereocenters. The van der Waals surface area contributed by atoms with Crippen LogP contribution in [0.4, 0.5) is 23.0 Å². The van der Waals surface area contributed by atoms with Crippen molar-refractivity contribution >= 4 is 34.6 Å². The molecule has 0 aliphatic carbocycles. The van der Waals surface area contributed by atoms with Gasteiger partial charge in [-0.1, -0.05) is 72.3 Å². The minimum atomic E-state index is 0.217. The van der Waals surface area contributed by atoms with Crippen molar-refractivity contribution in [2.75, 3.05) is 42.1 Å². The summed E-state index contributed by atoms with van der Waals surface area (Å²) in [6.07, 6.45) is 1.56. The first-order valence-electron chi connectivity index (χ1n) is 11.4. The predicted octanol–water partition coefficient (Wildman–Crippen LogP) is 5.37. The topological polar surface area (TPSA) is 70.3 Å². The fraction of sp³-hybridized carbons (Fsp3) is 0.185. The fourth-order valence-electron chi connectivity index (χ4n) is 4.48. The summed E-state index contributed by atoms with van der Waals surface area (Å²) in [7, 11) is 0. The Morgan fingerprint density at radius 3 is 1.94 bits per heavy atom. The average molecular weight is 471 g/mol. The zero-order chi connectivity index (χ0) is 23.3. The highest BCUT2D eigenvalue weighted by Crippen LogP contribution is 2.33. The number of anilines is 4. The van der Waals surface area contributed by atoms with Crippen LogP contribution in [-0.2, 0) is 0 Å². The third-order valence-electron chi connectivity index (χ3n) is 6.18. The van der Waals surface area contributed by atoms with Gasteiger partial charge in [0.2, 0.25) is 0 Å². The summed E-state index contributed by atoms with van der Waals surface area (Å²) < 4.78 is 0. The maximum atomic E-state index is 6.50. The standard InChI is InChI=1S/C27H27ClN6/c28-22-11-13-23(14-12-22)32-26-24(29)27(31-19-30-26)34-17-15-33(16-18-34)25(20-7-3-1-4-8-20)21-9-5-2-6-10-21/h1-14,19,25H,15-18,29H2,(H,30,31,32). The van der Waals surface area contributed by atoms with Crippen LogP contribution in [0.3, 0.4) is 0 Å². The second kappa shape index (κ2) is 10.1. The van der Waals surface area contributed by atoms with Gasteiger partial charge < -0.3 is 16.0 Å². The number of halogens is 1. The first-order chi connectivity index (χ1) is 16.7. The Labute approximate surface area is 205 Å². The maximum Gasteiger partial charge on any atom is 0.159 e. The number of rotatable bonds is 6. The largest absolute Gasteiger partial charge is 0.393 e. The molecule has 0 atom stereocenters. The normalized spacial score (nSPS) is 14.4. The molecule has 5 rings (SSSR count). The minimum Gasteiger partial charge on any atom is -0.393 e. The Morgan fingerprint density at radius 2 is 1.35 bits per heavy atom. The average Bonchev–Trinajstić information content (AvgIpc) is 2.89. The van der Waals surface area contributed by atoms with Gasteiger partial charge in [-0.15, -0.1) is 0 Å². The van der Waals surface area contributed by atoms with E-state index in [4.69, 9.17) is 17.3 Å². The molecule has 2 heterocycles. The summed E-state index contributed by atoms with van der Waals surface area (Å²) in [6.45, 7) is 3.46. The molecule has 1 aliphatic rings. The lowest BCUT2D eigenvalue weighted by Gasteiger charge is -2.40. The number of nitrogens with one attached hydrogen (secondary N) is 1. The Hall–Kier alpha value is -3.61. The molecular weight excluding hydrogens is 444 g/mol. The van der Waals surface area contributed by atoms with Crippen molar-refractivity contribution in [3.05, 3.63) is 107 Å². The quantitative estimate of drug-likeness (QED) is 0.395. The number of piperazine rings is 1. The molecule has 1 aliphatic heterocycles. The number of nitrogen functional groups attached to an aromatic ring is 1. The van der Waals surface area contributed by atoms with Gasteiger partial charge in [0.1, 0.15) is 12.0 Å².